The summed E-state index contributed by atoms with van der Waals surface area (Å²) in [4.78, 5) is 0. The number of nitrogens with one attached hydrogen (secondary N) is 1. The summed E-state index contributed by atoms with van der Waals surface area (Å²) in [7, 11) is 0. The van der Waals surface area contributed by atoms with Gasteiger partial charge in [0.1, 0.15) is 0 Å². The maximum absolute atomic E-state index is 6.14. The van der Waals surface area contributed by atoms with Crippen LogP contribution in [0.1, 0.15) is 42.0 Å². The highest BCUT2D eigenvalue weighted by atomic mass is 32.2. The van der Waals surface area contributed by atoms with Gasteiger partial charge in [-0.05, 0) is 61.5 Å². The van der Waals surface area contributed by atoms with Crippen LogP contribution < -0.4 is 11.3 Å². The lowest BCUT2D eigenvalue weighted by molar-refractivity contribution is -0.0854. The minimum absolute atomic E-state index is 0.114. The first kappa shape index (κ1) is 15.3. The van der Waals surface area contributed by atoms with Crippen molar-refractivity contribution >= 4 is 11.8 Å². The molecule has 0 aliphatic carbocycles. The minimum Gasteiger partial charge on any atom is -0.374 e. The molecule has 0 saturated carbocycles. The molecule has 2 heterocycles. The number of ether oxygens (including phenoxy) is 1. The van der Waals surface area contributed by atoms with Crippen molar-refractivity contribution in [2.24, 2.45) is 11.8 Å². The van der Waals surface area contributed by atoms with Crippen molar-refractivity contribution in [3.63, 3.8) is 0 Å². The van der Waals surface area contributed by atoms with Gasteiger partial charge in [0.2, 0.25) is 0 Å². The van der Waals surface area contributed by atoms with Crippen LogP contribution in [0.5, 0.6) is 0 Å². The fourth-order valence-corrected chi connectivity index (χ4v) is 5.05. The Morgan fingerprint density at radius 3 is 2.90 bits per heavy atom. The molecule has 3 nitrogen and oxygen atoms in total. The normalized spacial score (nSPS) is 30.7. The van der Waals surface area contributed by atoms with E-state index in [0.29, 0.717) is 5.92 Å². The van der Waals surface area contributed by atoms with Gasteiger partial charge in [0.15, 0.2) is 0 Å². The Bertz CT molecular complexity index is 500. The van der Waals surface area contributed by atoms with E-state index in [1.54, 1.807) is 0 Å². The van der Waals surface area contributed by atoms with Gasteiger partial charge in [-0.1, -0.05) is 18.2 Å². The summed E-state index contributed by atoms with van der Waals surface area (Å²) in [5.74, 6) is 8.85. The van der Waals surface area contributed by atoms with E-state index in [-0.39, 0.29) is 11.6 Å². The molecule has 0 amide bonds. The lowest BCUT2D eigenvalue weighted by Crippen LogP contribution is -2.45. The van der Waals surface area contributed by atoms with Gasteiger partial charge < -0.3 is 4.74 Å². The maximum Gasteiger partial charge on any atom is 0.0783 e. The highest BCUT2D eigenvalue weighted by molar-refractivity contribution is 7.99. The van der Waals surface area contributed by atoms with E-state index in [1.165, 1.54) is 28.9 Å². The number of hydrogen-bond donors (Lipinski definition) is 2. The van der Waals surface area contributed by atoms with Gasteiger partial charge in [0, 0.05) is 18.4 Å². The first-order valence-corrected chi connectivity index (χ1v) is 9.04. The molecule has 2 fully saturated rings. The third-order valence-electron chi connectivity index (χ3n) is 5.14. The highest BCUT2D eigenvalue weighted by Gasteiger charge is 2.42. The van der Waals surface area contributed by atoms with Gasteiger partial charge in [0.25, 0.3) is 0 Å². The predicted molar refractivity (Wildman–Crippen MR) is 89.3 cm³/mol. The molecule has 4 heteroatoms. The van der Waals surface area contributed by atoms with Crippen LogP contribution in [-0.2, 0) is 4.74 Å². The van der Waals surface area contributed by atoms with E-state index in [2.05, 4.69) is 37.5 Å². The Hall–Kier alpha value is -0.550. The Balaban J connectivity index is 1.80. The van der Waals surface area contributed by atoms with Crippen molar-refractivity contribution in [2.45, 2.75) is 44.8 Å². The van der Waals surface area contributed by atoms with E-state index in [9.17, 15) is 0 Å². The summed E-state index contributed by atoms with van der Waals surface area (Å²) in [6, 6.07) is 6.94. The molecular formula is C17H26N2OS. The number of hydrazine groups is 1. The van der Waals surface area contributed by atoms with Crippen LogP contribution in [-0.4, -0.2) is 23.7 Å². The van der Waals surface area contributed by atoms with Gasteiger partial charge in [-0.15, -0.1) is 0 Å². The third kappa shape index (κ3) is 3.14. The predicted octanol–water partition coefficient (Wildman–Crippen LogP) is 3.11. The molecule has 1 aromatic carbocycles. The zero-order valence-electron chi connectivity index (χ0n) is 13.0. The van der Waals surface area contributed by atoms with Gasteiger partial charge in [-0.3, -0.25) is 11.3 Å². The first-order chi connectivity index (χ1) is 10.1. The Labute approximate surface area is 132 Å². The average Bonchev–Trinajstić information content (AvgIpc) is 2.91. The Morgan fingerprint density at radius 2 is 2.24 bits per heavy atom. The fourth-order valence-electron chi connectivity index (χ4n) is 3.68. The summed E-state index contributed by atoms with van der Waals surface area (Å²) in [5, 5.41) is 0. The van der Waals surface area contributed by atoms with Crippen LogP contribution in [0, 0.1) is 19.8 Å². The van der Waals surface area contributed by atoms with E-state index >= 15 is 0 Å². The molecule has 2 aliphatic rings. The van der Waals surface area contributed by atoms with Gasteiger partial charge in [0.05, 0.1) is 5.60 Å². The molecule has 3 unspecified atom stereocenters. The second-order valence-corrected chi connectivity index (χ2v) is 7.68. The lowest BCUT2D eigenvalue weighted by atomic mass is 9.79. The summed E-state index contributed by atoms with van der Waals surface area (Å²) in [6.45, 7) is 5.20. The van der Waals surface area contributed by atoms with Crippen molar-refractivity contribution in [3.05, 3.63) is 34.9 Å². The smallest absolute Gasteiger partial charge is 0.0783 e. The van der Waals surface area contributed by atoms with Crippen LogP contribution in [0.4, 0.5) is 0 Å². The maximum atomic E-state index is 6.14. The third-order valence-corrected chi connectivity index (χ3v) is 6.36. The molecular weight excluding hydrogens is 280 g/mol. The molecule has 1 aromatic rings. The zero-order valence-corrected chi connectivity index (χ0v) is 13.8. The molecule has 0 bridgehead atoms. The monoisotopic (exact) mass is 306 g/mol. The largest absolute Gasteiger partial charge is 0.374 e. The molecule has 116 valence electrons. The topological polar surface area (TPSA) is 47.3 Å². The van der Waals surface area contributed by atoms with Gasteiger partial charge in [-0.2, -0.15) is 11.8 Å². The summed E-state index contributed by atoms with van der Waals surface area (Å²) in [6.07, 6.45) is 3.41. The number of hydrogen-bond acceptors (Lipinski definition) is 4. The van der Waals surface area contributed by atoms with Crippen LogP contribution in [0.25, 0.3) is 0 Å². The van der Waals surface area contributed by atoms with Crippen LogP contribution in [0.2, 0.25) is 0 Å². The van der Waals surface area contributed by atoms with E-state index < -0.39 is 0 Å². The Morgan fingerprint density at radius 1 is 1.38 bits per heavy atom. The summed E-state index contributed by atoms with van der Waals surface area (Å²) in [5.41, 5.74) is 7.18. The number of aryl methyl sites for hydroxylation is 2. The Kier molecular flexibility index (Phi) is 4.60. The molecule has 3 rings (SSSR count). The molecule has 1 spiro atoms. The summed E-state index contributed by atoms with van der Waals surface area (Å²) < 4.78 is 6.14. The molecule has 3 atom stereocenters. The molecule has 2 aliphatic heterocycles. The highest BCUT2D eigenvalue weighted by Crippen LogP contribution is 2.43. The number of nitrogens with two attached hydrogens (primary N) is 1. The molecule has 3 N–H and O–H groups in total. The quantitative estimate of drug-likeness (QED) is 0.665. The average molecular weight is 306 g/mol. The number of rotatable bonds is 3. The fraction of sp³-hybridized carbons (Fsp3) is 0.647. The van der Waals surface area contributed by atoms with Gasteiger partial charge >= 0.3 is 0 Å². The molecule has 0 radical (unpaired) electrons. The molecule has 21 heavy (non-hydrogen) atoms. The first-order valence-electron chi connectivity index (χ1n) is 7.88. The van der Waals surface area contributed by atoms with Crippen LogP contribution >= 0.6 is 11.8 Å². The zero-order chi connectivity index (χ0) is 14.9. The second-order valence-electron chi connectivity index (χ2n) is 6.57. The van der Waals surface area contributed by atoms with Crippen LogP contribution in [0.15, 0.2) is 18.2 Å². The van der Waals surface area contributed by atoms with Crippen molar-refractivity contribution in [3.8, 4) is 0 Å². The van der Waals surface area contributed by atoms with E-state index in [4.69, 9.17) is 10.6 Å². The standard InChI is InChI=1S/C17H26N2OS/c1-12-3-4-14(9-13(12)2)16(19-18)15-5-7-20-17(10-15)6-8-21-11-17/h3-4,9,15-16,19H,5-8,10-11,18H2,1-2H3. The van der Waals surface area contributed by atoms with E-state index in [0.717, 1.165) is 25.2 Å². The second kappa shape index (κ2) is 6.29. The van der Waals surface area contributed by atoms with Crippen molar-refractivity contribution in [1.29, 1.82) is 0 Å². The van der Waals surface area contributed by atoms with E-state index in [1.807, 2.05) is 11.8 Å². The minimum atomic E-state index is 0.114. The molecule has 0 aromatic heterocycles. The lowest BCUT2D eigenvalue weighted by Gasteiger charge is -2.41. The van der Waals surface area contributed by atoms with Crippen molar-refractivity contribution in [1.82, 2.24) is 5.43 Å². The van der Waals surface area contributed by atoms with Crippen molar-refractivity contribution < 1.29 is 4.74 Å². The summed E-state index contributed by atoms with van der Waals surface area (Å²) >= 11 is 2.02. The van der Waals surface area contributed by atoms with Gasteiger partial charge in [-0.25, -0.2) is 0 Å². The van der Waals surface area contributed by atoms with Crippen molar-refractivity contribution in [2.75, 3.05) is 18.1 Å². The molecule has 2 saturated heterocycles. The van der Waals surface area contributed by atoms with Crippen LogP contribution in [0.3, 0.4) is 0 Å². The number of benzene rings is 1. The SMILES string of the molecule is Cc1ccc(C(NN)C2CCOC3(CCSC3)C2)cc1C. The number of thioether (sulfide) groups is 1.